The van der Waals surface area contributed by atoms with Crippen LogP contribution in [-0.2, 0) is 6.54 Å². The molecule has 5 nitrogen and oxygen atoms in total. The lowest BCUT2D eigenvalue weighted by atomic mass is 10.1. The van der Waals surface area contributed by atoms with Gasteiger partial charge in [-0.2, -0.15) is 0 Å². The van der Waals surface area contributed by atoms with Crippen molar-refractivity contribution in [1.82, 2.24) is 15.2 Å². The molecule has 0 aliphatic rings. The molecule has 0 saturated carbocycles. The zero-order chi connectivity index (χ0) is 17.2. The van der Waals surface area contributed by atoms with Crippen LogP contribution in [0, 0.1) is 6.92 Å². The Kier molecular flexibility index (Phi) is 9.91. The zero-order valence-corrected chi connectivity index (χ0v) is 17.4. The fraction of sp³-hybridized carbons (Fsp3) is 0.368. The van der Waals surface area contributed by atoms with E-state index in [4.69, 9.17) is 4.74 Å². The van der Waals surface area contributed by atoms with E-state index in [1.54, 1.807) is 12.4 Å². The van der Waals surface area contributed by atoms with Crippen LogP contribution in [0.4, 0.5) is 0 Å². The van der Waals surface area contributed by atoms with Crippen LogP contribution in [0.2, 0.25) is 0 Å². The number of hydrogen-bond acceptors (Lipinski definition) is 3. The van der Waals surface area contributed by atoms with Crippen molar-refractivity contribution in [2.75, 3.05) is 26.7 Å². The van der Waals surface area contributed by atoms with Crippen molar-refractivity contribution in [3.05, 3.63) is 59.9 Å². The molecule has 1 heterocycles. The first-order chi connectivity index (χ1) is 11.7. The highest BCUT2D eigenvalue weighted by molar-refractivity contribution is 14.0. The monoisotopic (exact) mass is 454 g/mol. The van der Waals surface area contributed by atoms with Crippen LogP contribution < -0.4 is 10.1 Å². The molecule has 6 heteroatoms. The van der Waals surface area contributed by atoms with Gasteiger partial charge in [-0.25, -0.2) is 4.99 Å². The largest absolute Gasteiger partial charge is 0.490 e. The van der Waals surface area contributed by atoms with Gasteiger partial charge in [0.05, 0.1) is 12.7 Å². The van der Waals surface area contributed by atoms with Crippen LogP contribution in [0.1, 0.15) is 18.1 Å². The number of ether oxygens (including phenoxy) is 1. The van der Waals surface area contributed by atoms with Gasteiger partial charge in [-0.15, -0.1) is 24.0 Å². The topological polar surface area (TPSA) is 49.8 Å². The molecule has 1 aromatic heterocycles. The van der Waals surface area contributed by atoms with E-state index in [2.05, 4.69) is 58.3 Å². The smallest absolute Gasteiger partial charge is 0.194 e. The molecular formula is C19H27IN4O. The fourth-order valence-corrected chi connectivity index (χ4v) is 2.26. The number of guanidine groups is 1. The molecule has 1 aromatic carbocycles. The molecule has 1 N–H and O–H groups in total. The summed E-state index contributed by atoms with van der Waals surface area (Å²) in [7, 11) is 2.04. The normalized spacial score (nSPS) is 10.8. The maximum atomic E-state index is 5.63. The van der Waals surface area contributed by atoms with Crippen molar-refractivity contribution in [2.24, 2.45) is 4.99 Å². The van der Waals surface area contributed by atoms with Crippen LogP contribution in [0.5, 0.6) is 5.75 Å². The quantitative estimate of drug-likeness (QED) is 0.301. The molecule has 2 aromatic rings. The molecule has 136 valence electrons. The first kappa shape index (κ1) is 21.2. The standard InChI is InChI=1S/C19H26N4O.HI/c1-4-21-19(22-12-13-24-18-6-5-11-20-14-18)23(3)15-17-9-7-16(2)8-10-17;/h5-11,14H,4,12-13,15H2,1-3H3,(H,21,22);1H. The molecule has 0 spiro atoms. The fourth-order valence-electron chi connectivity index (χ4n) is 2.26. The summed E-state index contributed by atoms with van der Waals surface area (Å²) >= 11 is 0. The number of aliphatic imine (C=N–C) groups is 1. The molecule has 0 aliphatic heterocycles. The van der Waals surface area contributed by atoms with Gasteiger partial charge in [-0.05, 0) is 31.5 Å². The van der Waals surface area contributed by atoms with Gasteiger partial charge in [-0.1, -0.05) is 29.8 Å². The summed E-state index contributed by atoms with van der Waals surface area (Å²) in [6.07, 6.45) is 3.44. The predicted octanol–water partition coefficient (Wildman–Crippen LogP) is 3.48. The third-order valence-corrected chi connectivity index (χ3v) is 3.49. The highest BCUT2D eigenvalue weighted by Gasteiger charge is 2.06. The molecule has 0 aliphatic carbocycles. The van der Waals surface area contributed by atoms with Crippen LogP contribution >= 0.6 is 24.0 Å². The zero-order valence-electron chi connectivity index (χ0n) is 15.1. The summed E-state index contributed by atoms with van der Waals surface area (Å²) < 4.78 is 5.63. The highest BCUT2D eigenvalue weighted by atomic mass is 127. The number of halogens is 1. The van der Waals surface area contributed by atoms with Crippen molar-refractivity contribution in [3.8, 4) is 5.75 Å². The minimum absolute atomic E-state index is 0. The van der Waals surface area contributed by atoms with E-state index in [-0.39, 0.29) is 24.0 Å². The van der Waals surface area contributed by atoms with Gasteiger partial charge in [0.2, 0.25) is 0 Å². The average Bonchev–Trinajstić information content (AvgIpc) is 2.60. The second-order valence-corrected chi connectivity index (χ2v) is 5.61. The number of hydrogen-bond donors (Lipinski definition) is 1. The lowest BCUT2D eigenvalue weighted by Crippen LogP contribution is -2.38. The number of rotatable bonds is 7. The average molecular weight is 454 g/mol. The van der Waals surface area contributed by atoms with E-state index in [0.29, 0.717) is 13.2 Å². The molecule has 0 fully saturated rings. The van der Waals surface area contributed by atoms with E-state index in [1.165, 1.54) is 11.1 Å². The maximum Gasteiger partial charge on any atom is 0.194 e. The summed E-state index contributed by atoms with van der Waals surface area (Å²) in [4.78, 5) is 10.8. The third kappa shape index (κ3) is 7.72. The van der Waals surface area contributed by atoms with Gasteiger partial charge in [0.1, 0.15) is 12.4 Å². The minimum Gasteiger partial charge on any atom is -0.490 e. The Hall–Kier alpha value is -1.83. The number of pyridine rings is 1. The van der Waals surface area contributed by atoms with Crippen molar-refractivity contribution < 1.29 is 4.74 Å². The molecule has 0 atom stereocenters. The summed E-state index contributed by atoms with van der Waals surface area (Å²) in [5.41, 5.74) is 2.54. The Morgan fingerprint density at radius 2 is 2.00 bits per heavy atom. The predicted molar refractivity (Wildman–Crippen MR) is 114 cm³/mol. The number of aryl methyl sites for hydroxylation is 1. The maximum absolute atomic E-state index is 5.63. The van der Waals surface area contributed by atoms with Gasteiger partial charge >= 0.3 is 0 Å². The lowest BCUT2D eigenvalue weighted by molar-refractivity contribution is 0.326. The molecular weight excluding hydrogens is 427 g/mol. The molecule has 0 radical (unpaired) electrons. The van der Waals surface area contributed by atoms with Gasteiger partial charge < -0.3 is 15.0 Å². The Bertz CT molecular complexity index is 632. The van der Waals surface area contributed by atoms with E-state index in [9.17, 15) is 0 Å². The van der Waals surface area contributed by atoms with Crippen LogP contribution in [0.25, 0.3) is 0 Å². The van der Waals surface area contributed by atoms with Gasteiger partial charge in [0, 0.05) is 26.3 Å². The van der Waals surface area contributed by atoms with Crippen molar-refractivity contribution in [3.63, 3.8) is 0 Å². The summed E-state index contributed by atoms with van der Waals surface area (Å²) in [5, 5.41) is 3.32. The first-order valence-electron chi connectivity index (χ1n) is 8.27. The third-order valence-electron chi connectivity index (χ3n) is 3.49. The van der Waals surface area contributed by atoms with Crippen molar-refractivity contribution in [1.29, 1.82) is 0 Å². The van der Waals surface area contributed by atoms with Crippen molar-refractivity contribution in [2.45, 2.75) is 20.4 Å². The SMILES string of the molecule is CCNC(=NCCOc1cccnc1)N(C)Cc1ccc(C)cc1.I. The molecule has 0 saturated heterocycles. The van der Waals surface area contributed by atoms with E-state index in [1.807, 2.05) is 19.2 Å². The summed E-state index contributed by atoms with van der Waals surface area (Å²) in [6.45, 7) is 6.94. The Balaban J connectivity index is 0.00000312. The van der Waals surface area contributed by atoms with Crippen LogP contribution in [0.3, 0.4) is 0 Å². The number of nitrogens with zero attached hydrogens (tertiary/aromatic N) is 3. The molecule has 0 bridgehead atoms. The summed E-state index contributed by atoms with van der Waals surface area (Å²) in [6, 6.07) is 12.3. The van der Waals surface area contributed by atoms with Crippen LogP contribution in [-0.4, -0.2) is 42.6 Å². The Morgan fingerprint density at radius 1 is 1.24 bits per heavy atom. The van der Waals surface area contributed by atoms with Gasteiger partial charge in [0.15, 0.2) is 5.96 Å². The van der Waals surface area contributed by atoms with Crippen molar-refractivity contribution >= 4 is 29.9 Å². The Labute approximate surface area is 167 Å². The molecule has 0 unspecified atom stereocenters. The highest BCUT2D eigenvalue weighted by Crippen LogP contribution is 2.07. The number of nitrogens with one attached hydrogen (secondary N) is 1. The Morgan fingerprint density at radius 3 is 2.64 bits per heavy atom. The molecule has 2 rings (SSSR count). The van der Waals surface area contributed by atoms with Gasteiger partial charge in [-0.3, -0.25) is 4.98 Å². The second kappa shape index (κ2) is 11.7. The van der Waals surface area contributed by atoms with Gasteiger partial charge in [0.25, 0.3) is 0 Å². The van der Waals surface area contributed by atoms with Crippen LogP contribution in [0.15, 0.2) is 53.8 Å². The summed E-state index contributed by atoms with van der Waals surface area (Å²) in [5.74, 6) is 1.65. The first-order valence-corrected chi connectivity index (χ1v) is 8.27. The minimum atomic E-state index is 0. The lowest BCUT2D eigenvalue weighted by Gasteiger charge is -2.22. The second-order valence-electron chi connectivity index (χ2n) is 5.61. The van der Waals surface area contributed by atoms with E-state index in [0.717, 1.165) is 24.8 Å². The molecule has 0 amide bonds. The van der Waals surface area contributed by atoms with E-state index >= 15 is 0 Å². The number of benzene rings is 1. The molecule has 25 heavy (non-hydrogen) atoms. The van der Waals surface area contributed by atoms with E-state index < -0.39 is 0 Å². The number of aromatic nitrogens is 1.